The van der Waals surface area contributed by atoms with Crippen LogP contribution in [0.3, 0.4) is 0 Å². The number of nitrogens with zero attached hydrogens (tertiary/aromatic N) is 2. The number of nitrogens with one attached hydrogen (secondary N) is 1. The molecule has 3 rings (SSSR count). The van der Waals surface area contributed by atoms with Gasteiger partial charge in [0.2, 0.25) is 5.91 Å². The molecule has 0 fully saturated rings. The number of thiophene rings is 1. The molecule has 6 nitrogen and oxygen atoms in total. The number of hydrogen-bond donors (Lipinski definition) is 1. The summed E-state index contributed by atoms with van der Waals surface area (Å²) in [6.07, 6.45) is 2.66. The Morgan fingerprint density at radius 3 is 2.57 bits per heavy atom. The standard InChI is InChI=1S/C28H41N3O3S/c1-6-14-29-28(33)30(17-21(5)7-2)18-27(32)31-15-12-26-24(13-16-35-26)25(31)19-34-23-10-8-22(9-11-23)20(3)4/h8-11,13,16,20-21,25H,6-7,12,14-15,17-19H2,1-5H3,(H,29,33)/t21-,25-/m0/s1. The molecule has 1 aromatic heterocycles. The Morgan fingerprint density at radius 1 is 1.17 bits per heavy atom. The first-order valence-corrected chi connectivity index (χ1v) is 13.8. The highest BCUT2D eigenvalue weighted by atomic mass is 32.1. The largest absolute Gasteiger partial charge is 0.491 e. The molecule has 1 aromatic carbocycles. The number of hydrogen-bond acceptors (Lipinski definition) is 4. The van der Waals surface area contributed by atoms with E-state index >= 15 is 0 Å². The zero-order valence-electron chi connectivity index (χ0n) is 21.9. The zero-order valence-corrected chi connectivity index (χ0v) is 22.7. The number of urea groups is 1. The minimum atomic E-state index is -0.161. The van der Waals surface area contributed by atoms with Crippen LogP contribution in [0.2, 0.25) is 0 Å². The Balaban J connectivity index is 1.74. The summed E-state index contributed by atoms with van der Waals surface area (Å²) in [5.74, 6) is 1.58. The zero-order chi connectivity index (χ0) is 25.4. The second-order valence-corrected chi connectivity index (χ2v) is 10.8. The lowest BCUT2D eigenvalue weighted by Gasteiger charge is -2.37. The molecule has 35 heavy (non-hydrogen) atoms. The van der Waals surface area contributed by atoms with Gasteiger partial charge in [-0.25, -0.2) is 4.79 Å². The van der Waals surface area contributed by atoms with E-state index in [-0.39, 0.29) is 24.5 Å². The third-order valence-electron chi connectivity index (χ3n) is 6.74. The van der Waals surface area contributed by atoms with Crippen molar-refractivity contribution in [3.8, 4) is 5.75 Å². The van der Waals surface area contributed by atoms with Gasteiger partial charge in [-0.3, -0.25) is 4.79 Å². The Morgan fingerprint density at radius 2 is 1.91 bits per heavy atom. The molecular formula is C28H41N3O3S. The summed E-state index contributed by atoms with van der Waals surface area (Å²) in [6.45, 7) is 12.9. The number of fused-ring (bicyclic) bond motifs is 1. The maximum atomic E-state index is 13.6. The molecule has 0 aliphatic carbocycles. The van der Waals surface area contributed by atoms with Gasteiger partial charge in [0.15, 0.2) is 0 Å². The molecule has 2 heterocycles. The molecule has 0 spiro atoms. The van der Waals surface area contributed by atoms with Crippen molar-refractivity contribution in [2.75, 3.05) is 32.8 Å². The van der Waals surface area contributed by atoms with E-state index in [9.17, 15) is 9.59 Å². The van der Waals surface area contributed by atoms with Crippen LogP contribution in [0, 0.1) is 5.92 Å². The number of benzene rings is 1. The fraction of sp³-hybridized carbons (Fsp3) is 0.571. The van der Waals surface area contributed by atoms with E-state index in [0.717, 1.165) is 30.6 Å². The summed E-state index contributed by atoms with van der Waals surface area (Å²) in [5.41, 5.74) is 2.44. The molecule has 1 aliphatic rings. The third kappa shape index (κ3) is 7.23. The lowest BCUT2D eigenvalue weighted by Crippen LogP contribution is -2.50. The van der Waals surface area contributed by atoms with Crippen LogP contribution in [0.25, 0.3) is 0 Å². The predicted molar refractivity (Wildman–Crippen MR) is 143 cm³/mol. The van der Waals surface area contributed by atoms with Gasteiger partial charge < -0.3 is 19.9 Å². The van der Waals surface area contributed by atoms with Gasteiger partial charge in [-0.05, 0) is 59.4 Å². The summed E-state index contributed by atoms with van der Waals surface area (Å²) in [5, 5.41) is 5.04. The predicted octanol–water partition coefficient (Wildman–Crippen LogP) is 5.84. The van der Waals surface area contributed by atoms with Crippen LogP contribution >= 0.6 is 11.3 Å². The molecule has 1 N–H and O–H groups in total. The van der Waals surface area contributed by atoms with Gasteiger partial charge in [-0.1, -0.05) is 53.2 Å². The minimum Gasteiger partial charge on any atom is -0.491 e. The van der Waals surface area contributed by atoms with Crippen LogP contribution in [0.1, 0.15) is 75.4 Å². The topological polar surface area (TPSA) is 61.9 Å². The van der Waals surface area contributed by atoms with Crippen LogP contribution in [0.15, 0.2) is 35.7 Å². The lowest BCUT2D eigenvalue weighted by molar-refractivity contribution is -0.135. The number of rotatable bonds is 11. The Kier molecular flexibility index (Phi) is 10.0. The molecule has 2 atom stereocenters. The maximum Gasteiger partial charge on any atom is 0.317 e. The second-order valence-electron chi connectivity index (χ2n) is 9.81. The van der Waals surface area contributed by atoms with Crippen molar-refractivity contribution in [1.29, 1.82) is 0 Å². The smallest absolute Gasteiger partial charge is 0.317 e. The van der Waals surface area contributed by atoms with E-state index < -0.39 is 0 Å². The average molecular weight is 500 g/mol. The Labute approximate surface area is 214 Å². The summed E-state index contributed by atoms with van der Waals surface area (Å²) < 4.78 is 6.19. The molecule has 2 aromatic rings. The van der Waals surface area contributed by atoms with Crippen molar-refractivity contribution >= 4 is 23.3 Å². The summed E-state index contributed by atoms with van der Waals surface area (Å²) in [4.78, 5) is 31.3. The fourth-order valence-electron chi connectivity index (χ4n) is 4.32. The third-order valence-corrected chi connectivity index (χ3v) is 7.73. The SMILES string of the molecule is CCCNC(=O)N(CC(=O)N1CCc2sccc2[C@@H]1COc1ccc(C(C)C)cc1)C[C@@H](C)CC. The van der Waals surface area contributed by atoms with Crippen molar-refractivity contribution in [1.82, 2.24) is 15.1 Å². The summed E-state index contributed by atoms with van der Waals surface area (Å²) >= 11 is 1.74. The molecule has 0 saturated carbocycles. The van der Waals surface area contributed by atoms with Crippen LogP contribution in [-0.2, 0) is 11.2 Å². The van der Waals surface area contributed by atoms with E-state index in [0.29, 0.717) is 38.1 Å². The number of amides is 3. The normalized spacial score (nSPS) is 16.1. The van der Waals surface area contributed by atoms with Gasteiger partial charge >= 0.3 is 6.03 Å². The first-order chi connectivity index (χ1) is 16.8. The number of ether oxygens (including phenoxy) is 1. The van der Waals surface area contributed by atoms with Gasteiger partial charge in [0.25, 0.3) is 0 Å². The highest BCUT2D eigenvalue weighted by Crippen LogP contribution is 2.34. The van der Waals surface area contributed by atoms with Crippen LogP contribution < -0.4 is 10.1 Å². The molecule has 192 valence electrons. The van der Waals surface area contributed by atoms with Crippen LogP contribution in [0.5, 0.6) is 5.75 Å². The molecule has 3 amide bonds. The van der Waals surface area contributed by atoms with Crippen molar-refractivity contribution in [2.45, 2.75) is 65.8 Å². The van der Waals surface area contributed by atoms with Crippen LogP contribution in [0.4, 0.5) is 4.79 Å². The monoisotopic (exact) mass is 499 g/mol. The van der Waals surface area contributed by atoms with Gasteiger partial charge in [0, 0.05) is 24.5 Å². The van der Waals surface area contributed by atoms with E-state index in [2.05, 4.69) is 56.6 Å². The van der Waals surface area contributed by atoms with Crippen molar-refractivity contribution in [3.63, 3.8) is 0 Å². The van der Waals surface area contributed by atoms with Crippen LogP contribution in [-0.4, -0.2) is 54.5 Å². The van der Waals surface area contributed by atoms with Crippen molar-refractivity contribution in [2.24, 2.45) is 5.92 Å². The van der Waals surface area contributed by atoms with E-state index in [4.69, 9.17) is 4.74 Å². The summed E-state index contributed by atoms with van der Waals surface area (Å²) in [7, 11) is 0. The molecule has 0 radical (unpaired) electrons. The van der Waals surface area contributed by atoms with E-state index in [1.165, 1.54) is 10.4 Å². The van der Waals surface area contributed by atoms with Gasteiger partial charge in [0.1, 0.15) is 18.9 Å². The van der Waals surface area contributed by atoms with E-state index in [1.807, 2.05) is 24.0 Å². The molecule has 7 heteroatoms. The maximum absolute atomic E-state index is 13.6. The number of carbonyl (C=O) groups is 2. The molecule has 0 bridgehead atoms. The highest BCUT2D eigenvalue weighted by molar-refractivity contribution is 7.10. The molecule has 0 saturated heterocycles. The van der Waals surface area contributed by atoms with E-state index in [1.54, 1.807) is 16.2 Å². The van der Waals surface area contributed by atoms with Gasteiger partial charge in [-0.2, -0.15) is 0 Å². The minimum absolute atomic E-state index is 0.0273. The highest BCUT2D eigenvalue weighted by Gasteiger charge is 2.33. The van der Waals surface area contributed by atoms with Gasteiger partial charge in [0.05, 0.1) is 6.04 Å². The molecular weight excluding hydrogens is 458 g/mol. The average Bonchev–Trinajstić information content (AvgIpc) is 3.34. The van der Waals surface area contributed by atoms with Crippen molar-refractivity contribution < 1.29 is 14.3 Å². The first-order valence-electron chi connectivity index (χ1n) is 12.9. The molecule has 1 aliphatic heterocycles. The Bertz CT molecular complexity index is 957. The molecule has 0 unspecified atom stereocenters. The number of carbonyl (C=O) groups excluding carboxylic acids is 2. The quantitative estimate of drug-likeness (QED) is 0.422. The Hall–Kier alpha value is -2.54. The lowest BCUT2D eigenvalue weighted by atomic mass is 10.00. The van der Waals surface area contributed by atoms with Crippen molar-refractivity contribution in [3.05, 3.63) is 51.7 Å². The summed E-state index contributed by atoms with van der Waals surface area (Å²) in [6, 6.07) is 10.00. The van der Waals surface area contributed by atoms with Gasteiger partial charge in [-0.15, -0.1) is 11.3 Å². The first kappa shape index (κ1) is 27.1. The second kappa shape index (κ2) is 13.0. The fourth-order valence-corrected chi connectivity index (χ4v) is 5.25.